The predicted octanol–water partition coefficient (Wildman–Crippen LogP) is 2.55. The van der Waals surface area contributed by atoms with Crippen molar-refractivity contribution in [1.29, 1.82) is 0 Å². The van der Waals surface area contributed by atoms with Crippen LogP contribution in [0.25, 0.3) is 0 Å². The molecule has 0 radical (unpaired) electrons. The Bertz CT molecular complexity index is 668. The summed E-state index contributed by atoms with van der Waals surface area (Å²) in [4.78, 5) is 12.7. The van der Waals surface area contributed by atoms with Crippen LogP contribution in [0.4, 0.5) is 4.39 Å². The molecule has 0 aliphatic heterocycles. The van der Waals surface area contributed by atoms with Crippen LogP contribution in [0.1, 0.15) is 27.2 Å². The van der Waals surface area contributed by atoms with Gasteiger partial charge in [-0.05, 0) is 23.8 Å². The molecule has 0 atom stereocenters. The Hall–Kier alpha value is -2.16. The predicted molar refractivity (Wildman–Crippen MR) is 80.5 cm³/mol. The highest BCUT2D eigenvalue weighted by Crippen LogP contribution is 2.13. The number of hydrogen-bond acceptors (Lipinski definition) is 3. The van der Waals surface area contributed by atoms with Gasteiger partial charge in [0, 0.05) is 18.3 Å². The lowest BCUT2D eigenvalue weighted by molar-refractivity contribution is 0.0951. The lowest BCUT2D eigenvalue weighted by Crippen LogP contribution is -2.22. The number of aliphatic hydroxyl groups excluding tert-OH is 1. The zero-order chi connectivity index (χ0) is 15.1. The van der Waals surface area contributed by atoms with Gasteiger partial charge in [-0.15, -0.1) is 11.3 Å². The van der Waals surface area contributed by atoms with Crippen LogP contribution in [0.5, 0.6) is 0 Å². The van der Waals surface area contributed by atoms with Crippen molar-refractivity contribution in [3.05, 3.63) is 57.5 Å². The molecule has 2 aromatic rings. The van der Waals surface area contributed by atoms with Gasteiger partial charge in [0.2, 0.25) is 0 Å². The van der Waals surface area contributed by atoms with E-state index in [9.17, 15) is 9.18 Å². The number of carbonyl (C=O) groups excluding carboxylic acids is 1. The Labute approximate surface area is 126 Å². The minimum absolute atomic E-state index is 0.0311. The Morgan fingerprint density at radius 1 is 1.33 bits per heavy atom. The summed E-state index contributed by atoms with van der Waals surface area (Å²) in [6, 6.07) is 7.71. The number of benzene rings is 1. The van der Waals surface area contributed by atoms with Gasteiger partial charge in [-0.25, -0.2) is 4.39 Å². The standard InChI is InChI=1S/C16H14FNO2S/c17-14-6-4-12(5-7-14)10-18-16(20)13-9-15(21-11-13)3-1-2-8-19/h4-7,9,11,19H,2,8,10H2,(H,18,20). The number of aliphatic hydroxyl groups is 1. The van der Waals surface area contributed by atoms with Gasteiger partial charge in [0.1, 0.15) is 5.82 Å². The average Bonchev–Trinajstić information content (AvgIpc) is 2.96. The van der Waals surface area contributed by atoms with Gasteiger partial charge in [0.05, 0.1) is 17.0 Å². The first-order chi connectivity index (χ1) is 10.2. The number of thiophene rings is 1. The average molecular weight is 303 g/mol. The summed E-state index contributed by atoms with van der Waals surface area (Å²) in [6.45, 7) is 0.379. The quantitative estimate of drug-likeness (QED) is 0.853. The Morgan fingerprint density at radius 3 is 2.81 bits per heavy atom. The van der Waals surface area contributed by atoms with Crippen molar-refractivity contribution < 1.29 is 14.3 Å². The van der Waals surface area contributed by atoms with Crippen LogP contribution in [-0.4, -0.2) is 17.6 Å². The van der Waals surface area contributed by atoms with E-state index in [1.807, 2.05) is 0 Å². The largest absolute Gasteiger partial charge is 0.395 e. The summed E-state index contributed by atoms with van der Waals surface area (Å²) in [5.74, 6) is 5.21. The Balaban J connectivity index is 1.92. The third-order valence-electron chi connectivity index (χ3n) is 2.68. The van der Waals surface area contributed by atoms with Crippen molar-refractivity contribution in [3.8, 4) is 11.8 Å². The first kappa shape index (κ1) is 15.2. The molecule has 0 bridgehead atoms. The van der Waals surface area contributed by atoms with Crippen molar-refractivity contribution in [3.63, 3.8) is 0 Å². The summed E-state index contributed by atoms with van der Waals surface area (Å²) < 4.78 is 12.8. The smallest absolute Gasteiger partial charge is 0.252 e. The van der Waals surface area contributed by atoms with Crippen LogP contribution in [0.15, 0.2) is 35.7 Å². The maximum atomic E-state index is 12.8. The maximum Gasteiger partial charge on any atom is 0.252 e. The van der Waals surface area contributed by atoms with Gasteiger partial charge in [-0.3, -0.25) is 4.79 Å². The van der Waals surface area contributed by atoms with Gasteiger partial charge in [-0.2, -0.15) is 0 Å². The van der Waals surface area contributed by atoms with Crippen LogP contribution in [-0.2, 0) is 6.54 Å². The third kappa shape index (κ3) is 4.71. The highest BCUT2D eigenvalue weighted by atomic mass is 32.1. The molecule has 2 N–H and O–H groups in total. The van der Waals surface area contributed by atoms with Crippen LogP contribution in [0.2, 0.25) is 0 Å². The Kier molecular flexibility index (Phi) is 5.50. The van der Waals surface area contributed by atoms with E-state index in [0.29, 0.717) is 18.5 Å². The minimum atomic E-state index is -0.297. The first-order valence-corrected chi connectivity index (χ1v) is 7.28. The summed E-state index contributed by atoms with van der Waals surface area (Å²) in [6.07, 6.45) is 0.421. The fraction of sp³-hybridized carbons (Fsp3) is 0.188. The molecule has 0 fully saturated rings. The van der Waals surface area contributed by atoms with Crippen LogP contribution < -0.4 is 5.32 Å². The Morgan fingerprint density at radius 2 is 2.10 bits per heavy atom. The highest BCUT2D eigenvalue weighted by Gasteiger charge is 2.07. The lowest BCUT2D eigenvalue weighted by Gasteiger charge is -2.03. The third-order valence-corrected chi connectivity index (χ3v) is 3.52. The topological polar surface area (TPSA) is 49.3 Å². The molecule has 1 aromatic carbocycles. The van der Waals surface area contributed by atoms with E-state index in [4.69, 9.17) is 5.11 Å². The lowest BCUT2D eigenvalue weighted by atomic mass is 10.2. The highest BCUT2D eigenvalue weighted by molar-refractivity contribution is 7.10. The molecule has 0 unspecified atom stereocenters. The molecule has 0 saturated carbocycles. The van der Waals surface area contributed by atoms with Gasteiger partial charge >= 0.3 is 0 Å². The number of halogens is 1. The van der Waals surface area contributed by atoms with Crippen molar-refractivity contribution in [2.75, 3.05) is 6.61 Å². The van der Waals surface area contributed by atoms with Crippen molar-refractivity contribution in [1.82, 2.24) is 5.32 Å². The van der Waals surface area contributed by atoms with Crippen LogP contribution >= 0.6 is 11.3 Å². The molecule has 1 amide bonds. The monoisotopic (exact) mass is 303 g/mol. The zero-order valence-electron chi connectivity index (χ0n) is 11.2. The molecule has 5 heteroatoms. The molecule has 3 nitrogen and oxygen atoms in total. The van der Waals surface area contributed by atoms with Crippen molar-refractivity contribution in [2.45, 2.75) is 13.0 Å². The first-order valence-electron chi connectivity index (χ1n) is 6.40. The molecule has 1 aromatic heterocycles. The fourth-order valence-corrected chi connectivity index (χ4v) is 2.37. The second-order valence-electron chi connectivity index (χ2n) is 4.28. The molecule has 0 aliphatic rings. The van der Waals surface area contributed by atoms with Crippen LogP contribution in [0, 0.1) is 17.7 Å². The van der Waals surface area contributed by atoms with Gasteiger partial charge < -0.3 is 10.4 Å². The molecular formula is C16H14FNO2S. The molecule has 0 spiro atoms. The zero-order valence-corrected chi connectivity index (χ0v) is 12.0. The summed E-state index contributed by atoms with van der Waals surface area (Å²) in [5.41, 5.74) is 1.39. The number of amides is 1. The molecule has 21 heavy (non-hydrogen) atoms. The molecular weight excluding hydrogens is 289 g/mol. The number of nitrogens with one attached hydrogen (secondary N) is 1. The van der Waals surface area contributed by atoms with E-state index in [2.05, 4.69) is 17.2 Å². The van der Waals surface area contributed by atoms with E-state index in [1.165, 1.54) is 23.5 Å². The number of hydrogen-bond donors (Lipinski definition) is 2. The fourth-order valence-electron chi connectivity index (χ4n) is 1.61. The molecule has 1 heterocycles. The van der Waals surface area contributed by atoms with Crippen molar-refractivity contribution in [2.24, 2.45) is 0 Å². The minimum Gasteiger partial charge on any atom is -0.395 e. The number of rotatable bonds is 4. The maximum absolute atomic E-state index is 12.8. The van der Waals surface area contributed by atoms with Crippen molar-refractivity contribution >= 4 is 17.2 Å². The molecule has 108 valence electrons. The van der Waals surface area contributed by atoms with Gasteiger partial charge in [-0.1, -0.05) is 24.0 Å². The summed E-state index contributed by atoms with van der Waals surface area (Å²) in [7, 11) is 0. The van der Waals surface area contributed by atoms with Gasteiger partial charge in [0.15, 0.2) is 0 Å². The second-order valence-corrected chi connectivity index (χ2v) is 5.20. The summed E-state index contributed by atoms with van der Waals surface area (Å²) >= 11 is 1.39. The van der Waals surface area contributed by atoms with E-state index in [-0.39, 0.29) is 18.3 Å². The molecule has 0 aliphatic carbocycles. The summed E-state index contributed by atoms with van der Waals surface area (Å²) in [5, 5.41) is 13.2. The molecule has 2 rings (SSSR count). The SMILES string of the molecule is O=C(NCc1ccc(F)cc1)c1csc(C#CCCO)c1. The second kappa shape index (κ2) is 7.58. The number of carbonyl (C=O) groups is 1. The van der Waals surface area contributed by atoms with Gasteiger partial charge in [0.25, 0.3) is 5.91 Å². The molecule has 0 saturated heterocycles. The van der Waals surface area contributed by atoms with E-state index < -0.39 is 0 Å². The normalized spacial score (nSPS) is 9.81. The van der Waals surface area contributed by atoms with E-state index in [0.717, 1.165) is 10.4 Å². The van der Waals surface area contributed by atoms with E-state index >= 15 is 0 Å². The van der Waals surface area contributed by atoms with Crippen LogP contribution in [0.3, 0.4) is 0 Å². The van der Waals surface area contributed by atoms with E-state index in [1.54, 1.807) is 23.6 Å².